The highest BCUT2D eigenvalue weighted by molar-refractivity contribution is 9.10. The monoisotopic (exact) mass is 432 g/mol. The van der Waals surface area contributed by atoms with E-state index < -0.39 is 5.91 Å². The summed E-state index contributed by atoms with van der Waals surface area (Å²) in [7, 11) is 0. The van der Waals surface area contributed by atoms with Crippen LogP contribution in [0.2, 0.25) is 10.0 Å². The van der Waals surface area contributed by atoms with Gasteiger partial charge in [0.2, 0.25) is 0 Å². The minimum Gasteiger partial charge on any atom is -0.482 e. The number of ether oxygens (including phenoxy) is 1. The van der Waals surface area contributed by atoms with E-state index in [9.17, 15) is 4.79 Å². The van der Waals surface area contributed by atoms with Crippen LogP contribution < -0.4 is 15.4 Å². The standard InChI is InChI=1S/C15H11BrCl2N2O2S/c16-9-2-1-3-11(6-9)19-15(23)20-14(21)8-22-13-5-4-10(17)7-12(13)18/h1-7H,8H2,(H2,19,20,21,23). The van der Waals surface area contributed by atoms with Crippen LogP contribution in [0, 0.1) is 0 Å². The number of nitrogens with one attached hydrogen (secondary N) is 2. The van der Waals surface area contributed by atoms with Gasteiger partial charge < -0.3 is 10.1 Å². The molecule has 1 amide bonds. The van der Waals surface area contributed by atoms with Crippen LogP contribution in [0.15, 0.2) is 46.9 Å². The van der Waals surface area contributed by atoms with Crippen molar-refractivity contribution < 1.29 is 9.53 Å². The van der Waals surface area contributed by atoms with Gasteiger partial charge in [-0.1, -0.05) is 45.2 Å². The van der Waals surface area contributed by atoms with Gasteiger partial charge >= 0.3 is 0 Å². The lowest BCUT2D eigenvalue weighted by molar-refractivity contribution is -0.121. The van der Waals surface area contributed by atoms with Crippen LogP contribution in [-0.4, -0.2) is 17.6 Å². The van der Waals surface area contributed by atoms with Crippen molar-refractivity contribution in [2.45, 2.75) is 0 Å². The van der Waals surface area contributed by atoms with Crippen LogP contribution in [-0.2, 0) is 4.79 Å². The molecule has 2 aromatic carbocycles. The zero-order valence-corrected chi connectivity index (χ0v) is 15.5. The van der Waals surface area contributed by atoms with E-state index in [2.05, 4.69) is 26.6 Å². The summed E-state index contributed by atoms with van der Waals surface area (Å²) in [6.45, 7) is -0.221. The molecule has 0 aliphatic carbocycles. The third-order valence-electron chi connectivity index (χ3n) is 2.59. The largest absolute Gasteiger partial charge is 0.482 e. The fraction of sp³-hybridized carbons (Fsp3) is 0.0667. The number of amides is 1. The van der Waals surface area contributed by atoms with Gasteiger partial charge in [0.25, 0.3) is 5.91 Å². The second kappa shape index (κ2) is 8.49. The number of carbonyl (C=O) groups is 1. The van der Waals surface area contributed by atoms with E-state index in [0.29, 0.717) is 15.8 Å². The Morgan fingerprint density at radius 1 is 1.22 bits per heavy atom. The first kappa shape index (κ1) is 18.0. The second-order valence-electron chi connectivity index (χ2n) is 4.38. The third-order valence-corrected chi connectivity index (χ3v) is 3.82. The van der Waals surface area contributed by atoms with Crippen molar-refractivity contribution in [1.82, 2.24) is 5.32 Å². The van der Waals surface area contributed by atoms with Crippen molar-refractivity contribution in [3.8, 4) is 5.75 Å². The number of anilines is 1. The molecule has 2 N–H and O–H groups in total. The average Bonchev–Trinajstić information content (AvgIpc) is 2.46. The summed E-state index contributed by atoms with van der Waals surface area (Å²) in [4.78, 5) is 11.8. The summed E-state index contributed by atoms with van der Waals surface area (Å²) < 4.78 is 6.23. The van der Waals surface area contributed by atoms with Gasteiger partial charge in [-0.2, -0.15) is 0 Å². The fourth-order valence-electron chi connectivity index (χ4n) is 1.63. The lowest BCUT2D eigenvalue weighted by atomic mass is 10.3. The predicted molar refractivity (Wildman–Crippen MR) is 100 cm³/mol. The number of carbonyl (C=O) groups excluding carboxylic acids is 1. The molecule has 0 spiro atoms. The van der Waals surface area contributed by atoms with E-state index in [1.54, 1.807) is 12.1 Å². The smallest absolute Gasteiger partial charge is 0.264 e. The van der Waals surface area contributed by atoms with Crippen molar-refractivity contribution in [2.75, 3.05) is 11.9 Å². The van der Waals surface area contributed by atoms with Crippen molar-refractivity contribution in [1.29, 1.82) is 0 Å². The summed E-state index contributed by atoms with van der Waals surface area (Å²) >= 11 is 20.2. The zero-order chi connectivity index (χ0) is 16.8. The molecule has 4 nitrogen and oxygen atoms in total. The molecular weight excluding hydrogens is 423 g/mol. The predicted octanol–water partition coefficient (Wildman–Crippen LogP) is 4.65. The molecule has 0 radical (unpaired) electrons. The van der Waals surface area contributed by atoms with E-state index in [1.165, 1.54) is 6.07 Å². The van der Waals surface area contributed by atoms with Gasteiger partial charge in [0.05, 0.1) is 5.02 Å². The second-order valence-corrected chi connectivity index (χ2v) is 6.54. The summed E-state index contributed by atoms with van der Waals surface area (Å²) in [6.07, 6.45) is 0. The highest BCUT2D eigenvalue weighted by atomic mass is 79.9. The molecule has 0 saturated heterocycles. The molecule has 2 rings (SSSR count). The van der Waals surface area contributed by atoms with Crippen LogP contribution in [0.3, 0.4) is 0 Å². The molecule has 0 aliphatic rings. The molecule has 0 unspecified atom stereocenters. The molecule has 2 aromatic rings. The molecule has 8 heteroatoms. The molecular formula is C15H11BrCl2N2O2S. The van der Waals surface area contributed by atoms with Crippen molar-refractivity contribution in [3.63, 3.8) is 0 Å². The van der Waals surface area contributed by atoms with Crippen LogP contribution in [0.5, 0.6) is 5.75 Å². The van der Waals surface area contributed by atoms with Crippen LogP contribution >= 0.6 is 51.3 Å². The first-order valence-corrected chi connectivity index (χ1v) is 8.34. The first-order valence-electron chi connectivity index (χ1n) is 6.38. The Labute approximate surface area is 157 Å². The molecule has 0 heterocycles. The molecule has 0 aromatic heterocycles. The Hall–Kier alpha value is -1.34. The van der Waals surface area contributed by atoms with Gasteiger partial charge in [0.1, 0.15) is 5.75 Å². The highest BCUT2D eigenvalue weighted by Gasteiger charge is 2.08. The Balaban J connectivity index is 1.83. The summed E-state index contributed by atoms with van der Waals surface area (Å²) in [6, 6.07) is 12.2. The van der Waals surface area contributed by atoms with Crippen molar-refractivity contribution in [3.05, 3.63) is 57.0 Å². The zero-order valence-electron chi connectivity index (χ0n) is 11.6. The number of rotatable bonds is 4. The normalized spacial score (nSPS) is 10.0. The highest BCUT2D eigenvalue weighted by Crippen LogP contribution is 2.27. The topological polar surface area (TPSA) is 50.4 Å². The van der Waals surface area contributed by atoms with Gasteiger partial charge in [-0.25, -0.2) is 0 Å². The molecule has 0 atom stereocenters. The van der Waals surface area contributed by atoms with E-state index >= 15 is 0 Å². The summed E-state index contributed by atoms with van der Waals surface area (Å²) in [5.74, 6) is -0.0272. The van der Waals surface area contributed by atoms with Gasteiger partial charge in [-0.15, -0.1) is 0 Å². The molecule has 120 valence electrons. The average molecular weight is 434 g/mol. The lowest BCUT2D eigenvalue weighted by Gasteiger charge is -2.11. The maximum atomic E-state index is 11.8. The van der Waals surface area contributed by atoms with Gasteiger partial charge in [0, 0.05) is 15.2 Å². The minimum atomic E-state index is -0.400. The Morgan fingerprint density at radius 2 is 2.00 bits per heavy atom. The third kappa shape index (κ3) is 5.99. The van der Waals surface area contributed by atoms with Gasteiger partial charge in [-0.3, -0.25) is 10.1 Å². The van der Waals surface area contributed by atoms with Crippen LogP contribution in [0.4, 0.5) is 5.69 Å². The maximum Gasteiger partial charge on any atom is 0.264 e. The number of hydrogen-bond acceptors (Lipinski definition) is 3. The lowest BCUT2D eigenvalue weighted by Crippen LogP contribution is -2.37. The minimum absolute atomic E-state index is 0.180. The summed E-state index contributed by atoms with van der Waals surface area (Å²) in [5.41, 5.74) is 0.756. The SMILES string of the molecule is O=C(COc1ccc(Cl)cc1Cl)NC(=S)Nc1cccc(Br)c1. The Bertz CT molecular complexity index is 743. The fourth-order valence-corrected chi connectivity index (χ4v) is 2.72. The molecule has 0 bridgehead atoms. The van der Waals surface area contributed by atoms with E-state index in [4.69, 9.17) is 40.2 Å². The maximum absolute atomic E-state index is 11.8. The van der Waals surface area contributed by atoms with E-state index in [0.717, 1.165) is 10.2 Å². The molecule has 0 saturated carbocycles. The van der Waals surface area contributed by atoms with E-state index in [1.807, 2.05) is 24.3 Å². The number of benzene rings is 2. The summed E-state index contributed by atoms with van der Waals surface area (Å²) in [5, 5.41) is 6.43. The van der Waals surface area contributed by atoms with Gasteiger partial charge in [0.15, 0.2) is 11.7 Å². The first-order chi connectivity index (χ1) is 10.9. The van der Waals surface area contributed by atoms with Crippen molar-refractivity contribution in [2.24, 2.45) is 0 Å². The van der Waals surface area contributed by atoms with Crippen molar-refractivity contribution >= 4 is 68.1 Å². The number of thiocarbonyl (C=S) groups is 1. The number of halogens is 3. The van der Waals surface area contributed by atoms with Gasteiger partial charge in [-0.05, 0) is 48.6 Å². The molecule has 0 aliphatic heterocycles. The van der Waals surface area contributed by atoms with Crippen LogP contribution in [0.25, 0.3) is 0 Å². The van der Waals surface area contributed by atoms with Crippen LogP contribution in [0.1, 0.15) is 0 Å². The molecule has 23 heavy (non-hydrogen) atoms. The Kier molecular flexibility index (Phi) is 6.65. The Morgan fingerprint density at radius 3 is 2.70 bits per heavy atom. The number of hydrogen-bond donors (Lipinski definition) is 2. The molecule has 0 fully saturated rings. The van der Waals surface area contributed by atoms with E-state index in [-0.39, 0.29) is 11.7 Å². The quantitative estimate of drug-likeness (QED) is 0.689.